The predicted molar refractivity (Wildman–Crippen MR) is 116 cm³/mol. The van der Waals surface area contributed by atoms with Gasteiger partial charge in [-0.1, -0.05) is 29.4 Å². The average Bonchev–Trinajstić information content (AvgIpc) is 3.13. The van der Waals surface area contributed by atoms with Gasteiger partial charge in [-0.3, -0.25) is 4.79 Å². The molecule has 3 heterocycles. The molecule has 4 rings (SSSR count). The molecule has 7 nitrogen and oxygen atoms in total. The lowest BCUT2D eigenvalue weighted by Crippen LogP contribution is -2.49. The second-order valence-corrected chi connectivity index (χ2v) is 8.53. The van der Waals surface area contributed by atoms with Crippen LogP contribution < -0.4 is 4.90 Å². The van der Waals surface area contributed by atoms with Crippen LogP contribution in [0.4, 0.5) is 5.69 Å². The number of piperazine rings is 1. The van der Waals surface area contributed by atoms with Crippen LogP contribution in [0.15, 0.2) is 29.4 Å². The quantitative estimate of drug-likeness (QED) is 0.592. The Balaban J connectivity index is 1.35. The van der Waals surface area contributed by atoms with E-state index >= 15 is 0 Å². The Morgan fingerprint density at radius 2 is 1.90 bits per heavy atom. The van der Waals surface area contributed by atoms with E-state index in [0.29, 0.717) is 29.8 Å². The summed E-state index contributed by atoms with van der Waals surface area (Å²) in [6, 6.07) is 7.83. The number of hydrogen-bond donors (Lipinski definition) is 0. The minimum absolute atomic E-state index is 0.108. The molecule has 9 heteroatoms. The summed E-state index contributed by atoms with van der Waals surface area (Å²) in [5.74, 6) is 1.01. The molecule has 0 saturated carbocycles. The Hall–Kier alpha value is -2.32. The summed E-state index contributed by atoms with van der Waals surface area (Å²) in [6.45, 7) is 8.99. The molecule has 1 amide bonds. The van der Waals surface area contributed by atoms with Crippen LogP contribution in [-0.4, -0.2) is 62.3 Å². The molecule has 0 spiro atoms. The van der Waals surface area contributed by atoms with Crippen molar-refractivity contribution >= 4 is 40.7 Å². The van der Waals surface area contributed by atoms with Crippen LogP contribution >= 0.6 is 23.4 Å². The first kappa shape index (κ1) is 20.0. The topological polar surface area (TPSA) is 66.6 Å². The molecule has 2 aromatic heterocycles. The lowest BCUT2D eigenvalue weighted by atomic mass is 10.2. The molecule has 1 fully saturated rings. The molecule has 1 aromatic carbocycles. The van der Waals surface area contributed by atoms with E-state index in [0.717, 1.165) is 40.8 Å². The average molecular weight is 431 g/mol. The standard InChI is InChI=1S/C20H23ClN6OS/c1-13-14(2)22-19-23-20(24-27(19)15(13)3)29-12-18(28)26-9-7-25(8-10-26)17-6-4-5-16(21)11-17/h4-6,11H,7-10,12H2,1-3H3. The number of halogens is 1. The zero-order valence-corrected chi connectivity index (χ0v) is 18.3. The third-order valence-electron chi connectivity index (χ3n) is 5.37. The summed E-state index contributed by atoms with van der Waals surface area (Å²) < 4.78 is 1.75. The molecule has 0 aliphatic carbocycles. The Labute approximate surface area is 179 Å². The molecule has 1 aliphatic heterocycles. The van der Waals surface area contributed by atoms with Gasteiger partial charge in [-0.2, -0.15) is 4.98 Å². The van der Waals surface area contributed by atoms with Crippen molar-refractivity contribution < 1.29 is 4.79 Å². The fraction of sp³-hybridized carbons (Fsp3) is 0.400. The molecule has 0 bridgehead atoms. The number of anilines is 1. The highest BCUT2D eigenvalue weighted by Gasteiger charge is 2.22. The second-order valence-electron chi connectivity index (χ2n) is 7.15. The minimum Gasteiger partial charge on any atom is -0.368 e. The largest absolute Gasteiger partial charge is 0.368 e. The van der Waals surface area contributed by atoms with Gasteiger partial charge in [-0.25, -0.2) is 9.50 Å². The molecule has 0 unspecified atom stereocenters. The molecule has 1 aliphatic rings. The van der Waals surface area contributed by atoms with Gasteiger partial charge in [0.2, 0.25) is 11.1 Å². The van der Waals surface area contributed by atoms with E-state index in [4.69, 9.17) is 11.6 Å². The number of hydrogen-bond acceptors (Lipinski definition) is 6. The monoisotopic (exact) mass is 430 g/mol. The smallest absolute Gasteiger partial charge is 0.253 e. The van der Waals surface area contributed by atoms with Gasteiger partial charge >= 0.3 is 0 Å². The maximum absolute atomic E-state index is 12.6. The van der Waals surface area contributed by atoms with Crippen LogP contribution in [-0.2, 0) is 4.79 Å². The van der Waals surface area contributed by atoms with Crippen molar-refractivity contribution in [1.82, 2.24) is 24.5 Å². The van der Waals surface area contributed by atoms with Crippen molar-refractivity contribution in [2.24, 2.45) is 0 Å². The normalized spacial score (nSPS) is 14.6. The van der Waals surface area contributed by atoms with E-state index in [-0.39, 0.29) is 5.91 Å². The number of carbonyl (C=O) groups excluding carboxylic acids is 1. The first-order valence-corrected chi connectivity index (χ1v) is 10.9. The molecule has 29 heavy (non-hydrogen) atoms. The molecule has 152 valence electrons. The maximum atomic E-state index is 12.6. The predicted octanol–water partition coefficient (Wildman–Crippen LogP) is 3.14. The van der Waals surface area contributed by atoms with E-state index in [1.807, 2.05) is 49.9 Å². The number of nitrogens with zero attached hydrogens (tertiary/aromatic N) is 6. The Kier molecular flexibility index (Phi) is 5.65. The van der Waals surface area contributed by atoms with Crippen LogP contribution in [0.3, 0.4) is 0 Å². The number of amides is 1. The highest BCUT2D eigenvalue weighted by atomic mass is 35.5. The van der Waals surface area contributed by atoms with Gasteiger partial charge in [0, 0.05) is 48.3 Å². The number of thioether (sulfide) groups is 1. The Bertz CT molecular complexity index is 1060. The summed E-state index contributed by atoms with van der Waals surface area (Å²) in [5.41, 5.74) is 4.18. The second kappa shape index (κ2) is 8.20. The highest BCUT2D eigenvalue weighted by Crippen LogP contribution is 2.22. The lowest BCUT2D eigenvalue weighted by molar-refractivity contribution is -0.128. The van der Waals surface area contributed by atoms with Crippen molar-refractivity contribution in [1.29, 1.82) is 0 Å². The van der Waals surface area contributed by atoms with E-state index in [9.17, 15) is 4.79 Å². The van der Waals surface area contributed by atoms with Gasteiger partial charge < -0.3 is 9.80 Å². The van der Waals surface area contributed by atoms with Crippen LogP contribution in [0.5, 0.6) is 0 Å². The summed E-state index contributed by atoms with van der Waals surface area (Å²) in [6.07, 6.45) is 0. The van der Waals surface area contributed by atoms with Gasteiger partial charge in [-0.05, 0) is 44.5 Å². The molecule has 0 N–H and O–H groups in total. The van der Waals surface area contributed by atoms with E-state index in [2.05, 4.69) is 20.0 Å². The molecule has 0 radical (unpaired) electrons. The Morgan fingerprint density at radius 3 is 2.62 bits per heavy atom. The lowest BCUT2D eigenvalue weighted by Gasteiger charge is -2.36. The van der Waals surface area contributed by atoms with Crippen LogP contribution in [0.1, 0.15) is 17.0 Å². The van der Waals surface area contributed by atoms with Gasteiger partial charge in [-0.15, -0.1) is 5.10 Å². The van der Waals surface area contributed by atoms with Gasteiger partial charge in [0.15, 0.2) is 0 Å². The zero-order valence-electron chi connectivity index (χ0n) is 16.7. The van der Waals surface area contributed by atoms with Crippen molar-refractivity contribution in [2.75, 3.05) is 36.8 Å². The van der Waals surface area contributed by atoms with Gasteiger partial charge in [0.1, 0.15) is 0 Å². The molecule has 3 aromatic rings. The minimum atomic E-state index is 0.108. The third kappa shape index (κ3) is 4.18. The highest BCUT2D eigenvalue weighted by molar-refractivity contribution is 7.99. The van der Waals surface area contributed by atoms with E-state index in [1.165, 1.54) is 11.8 Å². The number of carbonyl (C=O) groups is 1. The first-order valence-electron chi connectivity index (χ1n) is 9.54. The van der Waals surface area contributed by atoms with Crippen LogP contribution in [0.2, 0.25) is 5.02 Å². The van der Waals surface area contributed by atoms with E-state index in [1.54, 1.807) is 4.52 Å². The van der Waals surface area contributed by atoms with Crippen molar-refractivity contribution in [3.05, 3.63) is 46.2 Å². The first-order chi connectivity index (χ1) is 13.9. The number of aromatic nitrogens is 4. The summed E-state index contributed by atoms with van der Waals surface area (Å²) in [4.78, 5) is 25.8. The fourth-order valence-electron chi connectivity index (χ4n) is 3.40. The third-order valence-corrected chi connectivity index (χ3v) is 6.43. The number of fused-ring (bicyclic) bond motifs is 1. The molecule has 1 saturated heterocycles. The summed E-state index contributed by atoms with van der Waals surface area (Å²) >= 11 is 7.45. The summed E-state index contributed by atoms with van der Waals surface area (Å²) in [7, 11) is 0. The van der Waals surface area contributed by atoms with Gasteiger partial charge in [0.25, 0.3) is 5.78 Å². The van der Waals surface area contributed by atoms with Crippen LogP contribution in [0.25, 0.3) is 5.78 Å². The fourth-order valence-corrected chi connectivity index (χ4v) is 4.31. The van der Waals surface area contributed by atoms with Gasteiger partial charge in [0.05, 0.1) is 5.75 Å². The van der Waals surface area contributed by atoms with E-state index < -0.39 is 0 Å². The SMILES string of the molecule is Cc1nc2nc(SCC(=O)N3CCN(c4cccc(Cl)c4)CC3)nn2c(C)c1C. The Morgan fingerprint density at radius 1 is 1.14 bits per heavy atom. The van der Waals surface area contributed by atoms with Crippen molar-refractivity contribution in [2.45, 2.75) is 25.9 Å². The number of rotatable bonds is 4. The molecular formula is C20H23ClN6OS. The maximum Gasteiger partial charge on any atom is 0.253 e. The number of benzene rings is 1. The number of aryl methyl sites for hydroxylation is 2. The van der Waals surface area contributed by atoms with Crippen molar-refractivity contribution in [3.8, 4) is 0 Å². The zero-order chi connectivity index (χ0) is 20.5. The van der Waals surface area contributed by atoms with Crippen molar-refractivity contribution in [3.63, 3.8) is 0 Å². The molecule has 0 atom stereocenters. The summed E-state index contributed by atoms with van der Waals surface area (Å²) in [5, 5.41) is 5.82. The van der Waals surface area contributed by atoms with Crippen LogP contribution in [0, 0.1) is 20.8 Å². The molecular weight excluding hydrogens is 408 g/mol.